The van der Waals surface area contributed by atoms with Crippen LogP contribution in [0.5, 0.6) is 0 Å². The highest BCUT2D eigenvalue weighted by Crippen LogP contribution is 2.33. The topological polar surface area (TPSA) is 58.0 Å². The van der Waals surface area contributed by atoms with Crippen molar-refractivity contribution in [2.45, 2.75) is 51.6 Å². The standard InChI is InChI=1S/C15H21N3OS/c1-10-11(2)20-14-12(10)13(17-9-18-14)16-8-15(19)6-4-3-5-7-15/h9,19H,3-8H2,1-2H3,(H,16,17,18). The molecule has 0 bridgehead atoms. The number of hydrogen-bond donors (Lipinski definition) is 2. The quantitative estimate of drug-likeness (QED) is 0.910. The molecule has 1 fully saturated rings. The monoisotopic (exact) mass is 291 g/mol. The minimum absolute atomic E-state index is 0.575. The minimum Gasteiger partial charge on any atom is -0.388 e. The van der Waals surface area contributed by atoms with Crippen LogP contribution in [-0.2, 0) is 0 Å². The molecule has 4 nitrogen and oxygen atoms in total. The van der Waals surface area contributed by atoms with Crippen molar-refractivity contribution >= 4 is 27.4 Å². The summed E-state index contributed by atoms with van der Waals surface area (Å²) in [4.78, 5) is 11.0. The lowest BCUT2D eigenvalue weighted by atomic mass is 9.85. The fourth-order valence-electron chi connectivity index (χ4n) is 2.95. The maximum absolute atomic E-state index is 10.6. The van der Waals surface area contributed by atoms with E-state index in [-0.39, 0.29) is 0 Å². The van der Waals surface area contributed by atoms with Crippen LogP contribution in [0.4, 0.5) is 5.82 Å². The first-order valence-electron chi connectivity index (χ1n) is 7.26. The summed E-state index contributed by atoms with van der Waals surface area (Å²) in [5.74, 6) is 0.857. The summed E-state index contributed by atoms with van der Waals surface area (Å²) in [6.45, 7) is 4.80. The highest BCUT2D eigenvalue weighted by molar-refractivity contribution is 7.18. The van der Waals surface area contributed by atoms with E-state index in [1.54, 1.807) is 17.7 Å². The Hall–Kier alpha value is -1.20. The molecule has 0 aromatic carbocycles. The zero-order chi connectivity index (χ0) is 14.2. The van der Waals surface area contributed by atoms with E-state index < -0.39 is 5.60 Å². The van der Waals surface area contributed by atoms with Gasteiger partial charge in [-0.2, -0.15) is 0 Å². The molecule has 3 rings (SSSR count). The van der Waals surface area contributed by atoms with Crippen LogP contribution in [0, 0.1) is 13.8 Å². The molecule has 0 spiro atoms. The van der Waals surface area contributed by atoms with Crippen molar-refractivity contribution in [2.75, 3.05) is 11.9 Å². The Balaban J connectivity index is 1.84. The summed E-state index contributed by atoms with van der Waals surface area (Å²) >= 11 is 1.70. The Morgan fingerprint density at radius 2 is 2.00 bits per heavy atom. The number of rotatable bonds is 3. The number of hydrogen-bond acceptors (Lipinski definition) is 5. The zero-order valence-electron chi connectivity index (χ0n) is 12.1. The Bertz CT molecular complexity index is 617. The van der Waals surface area contributed by atoms with Gasteiger partial charge in [-0.25, -0.2) is 9.97 Å². The molecular weight excluding hydrogens is 270 g/mol. The molecule has 2 aromatic heterocycles. The second kappa shape index (κ2) is 5.30. The fraction of sp³-hybridized carbons (Fsp3) is 0.600. The van der Waals surface area contributed by atoms with Gasteiger partial charge in [-0.15, -0.1) is 11.3 Å². The maximum atomic E-state index is 10.6. The number of anilines is 1. The third-order valence-corrected chi connectivity index (χ3v) is 5.45. The molecule has 0 aliphatic heterocycles. The van der Waals surface area contributed by atoms with Gasteiger partial charge in [-0.1, -0.05) is 19.3 Å². The van der Waals surface area contributed by atoms with Gasteiger partial charge in [-0.05, 0) is 32.3 Å². The molecule has 0 amide bonds. The van der Waals surface area contributed by atoms with Crippen LogP contribution in [0.15, 0.2) is 6.33 Å². The third kappa shape index (κ3) is 2.52. The minimum atomic E-state index is -0.575. The van der Waals surface area contributed by atoms with Crippen molar-refractivity contribution in [3.8, 4) is 0 Å². The SMILES string of the molecule is Cc1sc2ncnc(NCC3(O)CCCCC3)c2c1C. The molecule has 2 heterocycles. The smallest absolute Gasteiger partial charge is 0.138 e. The van der Waals surface area contributed by atoms with Gasteiger partial charge in [0.2, 0.25) is 0 Å². The Morgan fingerprint density at radius 3 is 2.75 bits per heavy atom. The predicted molar refractivity (Wildman–Crippen MR) is 83.4 cm³/mol. The van der Waals surface area contributed by atoms with Crippen molar-refractivity contribution in [1.82, 2.24) is 9.97 Å². The summed E-state index contributed by atoms with van der Waals surface area (Å²) in [5.41, 5.74) is 0.665. The molecule has 0 atom stereocenters. The highest BCUT2D eigenvalue weighted by Gasteiger charge is 2.29. The van der Waals surface area contributed by atoms with Gasteiger partial charge in [0, 0.05) is 11.4 Å². The second-order valence-electron chi connectivity index (χ2n) is 5.82. The molecule has 1 aliphatic carbocycles. The normalized spacial score (nSPS) is 18.4. The highest BCUT2D eigenvalue weighted by atomic mass is 32.1. The van der Waals surface area contributed by atoms with E-state index in [4.69, 9.17) is 0 Å². The molecule has 5 heteroatoms. The van der Waals surface area contributed by atoms with Gasteiger partial charge in [0.15, 0.2) is 0 Å². The first-order chi connectivity index (χ1) is 9.59. The number of nitrogens with zero attached hydrogens (tertiary/aromatic N) is 2. The van der Waals surface area contributed by atoms with Gasteiger partial charge < -0.3 is 10.4 Å². The molecule has 1 saturated carbocycles. The van der Waals surface area contributed by atoms with Crippen LogP contribution in [0.25, 0.3) is 10.2 Å². The molecule has 2 N–H and O–H groups in total. The largest absolute Gasteiger partial charge is 0.388 e. The van der Waals surface area contributed by atoms with Crippen LogP contribution >= 0.6 is 11.3 Å². The third-order valence-electron chi connectivity index (χ3n) is 4.33. The van der Waals surface area contributed by atoms with E-state index in [1.807, 2.05) is 0 Å². The molecule has 20 heavy (non-hydrogen) atoms. The Labute approximate surface area is 123 Å². The van der Waals surface area contributed by atoms with Crippen LogP contribution < -0.4 is 5.32 Å². The molecular formula is C15H21N3OS. The van der Waals surface area contributed by atoms with Crippen molar-refractivity contribution in [2.24, 2.45) is 0 Å². The van der Waals surface area contributed by atoms with Crippen LogP contribution in [-0.4, -0.2) is 27.2 Å². The summed E-state index contributed by atoms with van der Waals surface area (Å²) in [7, 11) is 0. The Kier molecular flexibility index (Phi) is 3.65. The average molecular weight is 291 g/mol. The number of nitrogens with one attached hydrogen (secondary N) is 1. The lowest BCUT2D eigenvalue weighted by Crippen LogP contribution is -2.39. The van der Waals surface area contributed by atoms with E-state index in [2.05, 4.69) is 29.1 Å². The van der Waals surface area contributed by atoms with E-state index in [0.717, 1.165) is 41.7 Å². The number of aryl methyl sites for hydroxylation is 2. The maximum Gasteiger partial charge on any atom is 0.138 e. The molecule has 0 unspecified atom stereocenters. The van der Waals surface area contributed by atoms with Crippen LogP contribution in [0.2, 0.25) is 0 Å². The first kappa shape index (κ1) is 13.8. The predicted octanol–water partition coefficient (Wildman–Crippen LogP) is 3.42. The van der Waals surface area contributed by atoms with Crippen molar-refractivity contribution in [1.29, 1.82) is 0 Å². The summed E-state index contributed by atoms with van der Waals surface area (Å²) < 4.78 is 0. The number of aromatic nitrogens is 2. The summed E-state index contributed by atoms with van der Waals surface area (Å²) in [6, 6.07) is 0. The summed E-state index contributed by atoms with van der Waals surface area (Å²) in [6.07, 6.45) is 6.85. The summed E-state index contributed by atoms with van der Waals surface area (Å²) in [5, 5.41) is 15.0. The molecule has 1 aliphatic rings. The van der Waals surface area contributed by atoms with Gasteiger partial charge >= 0.3 is 0 Å². The van der Waals surface area contributed by atoms with Gasteiger partial charge in [-0.3, -0.25) is 0 Å². The van der Waals surface area contributed by atoms with E-state index in [0.29, 0.717) is 6.54 Å². The van der Waals surface area contributed by atoms with E-state index in [1.165, 1.54) is 16.9 Å². The second-order valence-corrected chi connectivity index (χ2v) is 7.03. The fourth-order valence-corrected chi connectivity index (χ4v) is 3.95. The lowest BCUT2D eigenvalue weighted by Gasteiger charge is -2.32. The lowest BCUT2D eigenvalue weighted by molar-refractivity contribution is 0.0167. The zero-order valence-corrected chi connectivity index (χ0v) is 12.9. The number of fused-ring (bicyclic) bond motifs is 1. The van der Waals surface area contributed by atoms with E-state index in [9.17, 15) is 5.11 Å². The van der Waals surface area contributed by atoms with E-state index >= 15 is 0 Å². The number of aliphatic hydroxyl groups is 1. The Morgan fingerprint density at radius 1 is 1.25 bits per heavy atom. The van der Waals surface area contributed by atoms with Crippen molar-refractivity contribution < 1.29 is 5.11 Å². The van der Waals surface area contributed by atoms with Crippen molar-refractivity contribution in [3.63, 3.8) is 0 Å². The molecule has 108 valence electrons. The van der Waals surface area contributed by atoms with Gasteiger partial charge in [0.1, 0.15) is 17.0 Å². The van der Waals surface area contributed by atoms with Crippen LogP contribution in [0.1, 0.15) is 42.5 Å². The van der Waals surface area contributed by atoms with Crippen LogP contribution in [0.3, 0.4) is 0 Å². The van der Waals surface area contributed by atoms with Gasteiger partial charge in [0.05, 0.1) is 11.0 Å². The molecule has 0 radical (unpaired) electrons. The molecule has 2 aromatic rings. The first-order valence-corrected chi connectivity index (χ1v) is 8.08. The number of thiophene rings is 1. The van der Waals surface area contributed by atoms with Crippen molar-refractivity contribution in [3.05, 3.63) is 16.8 Å². The molecule has 0 saturated heterocycles. The van der Waals surface area contributed by atoms with Gasteiger partial charge in [0.25, 0.3) is 0 Å². The average Bonchev–Trinajstić information content (AvgIpc) is 2.73.